The Morgan fingerprint density at radius 1 is 1.08 bits per heavy atom. The van der Waals surface area contributed by atoms with Crippen molar-refractivity contribution in [3.05, 3.63) is 64.3 Å². The molecule has 190 valence electrons. The Bertz CT molecular complexity index is 1520. The SMILES string of the molecule is CN1CCN(CC#Cc2ccc3nc(-c4cn(C)c5ccc(Br)cc45)cc(C(=O)NCCN)c3c2)CC1. The number of halogens is 1. The Morgan fingerprint density at radius 3 is 2.68 bits per heavy atom. The second-order valence-corrected chi connectivity index (χ2v) is 10.4. The molecule has 7 nitrogen and oxygen atoms in total. The zero-order valence-corrected chi connectivity index (χ0v) is 22.8. The highest BCUT2D eigenvalue weighted by atomic mass is 79.9. The number of carbonyl (C=O) groups is 1. The van der Waals surface area contributed by atoms with Crippen molar-refractivity contribution < 1.29 is 4.79 Å². The first kappa shape index (κ1) is 25.4. The predicted molar refractivity (Wildman–Crippen MR) is 154 cm³/mol. The summed E-state index contributed by atoms with van der Waals surface area (Å²) in [5, 5.41) is 4.79. The van der Waals surface area contributed by atoms with E-state index in [4.69, 9.17) is 10.7 Å². The van der Waals surface area contributed by atoms with Gasteiger partial charge in [-0.05, 0) is 49.5 Å². The summed E-state index contributed by atoms with van der Waals surface area (Å²) in [7, 11) is 4.17. The molecule has 1 fully saturated rings. The molecule has 0 saturated carbocycles. The lowest BCUT2D eigenvalue weighted by Crippen LogP contribution is -2.44. The molecular formula is C29H31BrN6O. The number of pyridine rings is 1. The summed E-state index contributed by atoms with van der Waals surface area (Å²) in [6.07, 6.45) is 2.06. The number of likely N-dealkylation sites (N-methyl/N-ethyl adjacent to an activating group) is 1. The lowest BCUT2D eigenvalue weighted by Gasteiger charge is -2.30. The van der Waals surface area contributed by atoms with Gasteiger partial charge in [0.25, 0.3) is 5.91 Å². The highest BCUT2D eigenvalue weighted by Gasteiger charge is 2.17. The van der Waals surface area contributed by atoms with Gasteiger partial charge in [-0.25, -0.2) is 4.98 Å². The number of fused-ring (bicyclic) bond motifs is 2. The van der Waals surface area contributed by atoms with Crippen molar-refractivity contribution in [1.82, 2.24) is 24.7 Å². The van der Waals surface area contributed by atoms with Crippen LogP contribution < -0.4 is 11.1 Å². The van der Waals surface area contributed by atoms with Crippen molar-refractivity contribution in [3.63, 3.8) is 0 Å². The number of nitrogens with zero attached hydrogens (tertiary/aromatic N) is 4. The van der Waals surface area contributed by atoms with Crippen LogP contribution in [0.25, 0.3) is 33.1 Å². The molecule has 5 rings (SSSR count). The van der Waals surface area contributed by atoms with Crippen LogP contribution in [0.3, 0.4) is 0 Å². The number of benzene rings is 2. The van der Waals surface area contributed by atoms with Crippen LogP contribution in [0.15, 0.2) is 53.1 Å². The molecule has 1 aliphatic heterocycles. The molecule has 0 radical (unpaired) electrons. The van der Waals surface area contributed by atoms with E-state index >= 15 is 0 Å². The predicted octanol–water partition coefficient (Wildman–Crippen LogP) is 3.44. The molecule has 0 spiro atoms. The van der Waals surface area contributed by atoms with Crippen LogP contribution in [0.4, 0.5) is 0 Å². The lowest BCUT2D eigenvalue weighted by atomic mass is 10.0. The highest BCUT2D eigenvalue weighted by Crippen LogP contribution is 2.33. The molecule has 1 amide bonds. The van der Waals surface area contributed by atoms with Crippen molar-refractivity contribution in [2.75, 3.05) is 52.9 Å². The topological polar surface area (TPSA) is 79.4 Å². The Kier molecular flexibility index (Phi) is 7.58. The third-order valence-electron chi connectivity index (χ3n) is 6.84. The number of hydrogen-bond donors (Lipinski definition) is 2. The fourth-order valence-electron chi connectivity index (χ4n) is 4.74. The summed E-state index contributed by atoms with van der Waals surface area (Å²) < 4.78 is 3.07. The van der Waals surface area contributed by atoms with Gasteiger partial charge in [-0.15, -0.1) is 0 Å². The van der Waals surface area contributed by atoms with Gasteiger partial charge in [-0.2, -0.15) is 0 Å². The number of rotatable bonds is 5. The minimum Gasteiger partial charge on any atom is -0.351 e. The quantitative estimate of drug-likeness (QED) is 0.367. The van der Waals surface area contributed by atoms with Crippen molar-refractivity contribution in [2.45, 2.75) is 0 Å². The first-order chi connectivity index (χ1) is 17.9. The molecule has 3 N–H and O–H groups in total. The number of nitrogens with one attached hydrogen (secondary N) is 1. The summed E-state index contributed by atoms with van der Waals surface area (Å²) in [5.74, 6) is 6.44. The molecule has 1 aliphatic rings. The highest BCUT2D eigenvalue weighted by molar-refractivity contribution is 9.10. The van der Waals surface area contributed by atoms with Gasteiger partial charge in [0, 0.05) is 84.4 Å². The second kappa shape index (κ2) is 11.0. The van der Waals surface area contributed by atoms with Gasteiger partial charge in [0.15, 0.2) is 0 Å². The minimum absolute atomic E-state index is 0.164. The van der Waals surface area contributed by atoms with Gasteiger partial charge in [-0.1, -0.05) is 27.8 Å². The van der Waals surface area contributed by atoms with Crippen LogP contribution >= 0.6 is 15.9 Å². The van der Waals surface area contributed by atoms with Gasteiger partial charge in [0.05, 0.1) is 23.3 Å². The van der Waals surface area contributed by atoms with E-state index < -0.39 is 0 Å². The molecule has 0 atom stereocenters. The van der Waals surface area contributed by atoms with Crippen molar-refractivity contribution in [1.29, 1.82) is 0 Å². The van der Waals surface area contributed by atoms with E-state index in [1.165, 1.54) is 0 Å². The van der Waals surface area contributed by atoms with E-state index in [-0.39, 0.29) is 5.91 Å². The smallest absolute Gasteiger partial charge is 0.252 e. The molecule has 1 saturated heterocycles. The van der Waals surface area contributed by atoms with E-state index in [1.54, 1.807) is 0 Å². The number of nitrogens with two attached hydrogens (primary N) is 1. The molecule has 37 heavy (non-hydrogen) atoms. The molecule has 0 bridgehead atoms. The number of aryl methyl sites for hydroxylation is 1. The number of hydrogen-bond acceptors (Lipinski definition) is 5. The largest absolute Gasteiger partial charge is 0.351 e. The number of amides is 1. The Morgan fingerprint density at radius 2 is 1.89 bits per heavy atom. The normalized spacial score (nSPS) is 14.6. The van der Waals surface area contributed by atoms with Crippen molar-refractivity contribution in [2.24, 2.45) is 12.8 Å². The maximum Gasteiger partial charge on any atom is 0.252 e. The van der Waals surface area contributed by atoms with Gasteiger partial charge >= 0.3 is 0 Å². The van der Waals surface area contributed by atoms with Gasteiger partial charge in [-0.3, -0.25) is 9.69 Å². The molecule has 3 heterocycles. The Balaban J connectivity index is 1.54. The van der Waals surface area contributed by atoms with Gasteiger partial charge in [0.2, 0.25) is 0 Å². The van der Waals surface area contributed by atoms with Gasteiger partial charge < -0.3 is 20.5 Å². The maximum atomic E-state index is 13.2. The summed E-state index contributed by atoms with van der Waals surface area (Å²) in [4.78, 5) is 22.9. The van der Waals surface area contributed by atoms with E-state index in [0.29, 0.717) is 18.7 Å². The molecule has 0 aliphatic carbocycles. The molecular weight excluding hydrogens is 528 g/mol. The van der Waals surface area contributed by atoms with Crippen LogP contribution in [0.5, 0.6) is 0 Å². The van der Waals surface area contributed by atoms with E-state index in [2.05, 4.69) is 72.8 Å². The average molecular weight is 560 g/mol. The minimum atomic E-state index is -0.164. The zero-order chi connectivity index (χ0) is 25.9. The fraction of sp³-hybridized carbons (Fsp3) is 0.310. The van der Waals surface area contributed by atoms with Crippen LogP contribution in [0.2, 0.25) is 0 Å². The van der Waals surface area contributed by atoms with E-state index in [1.807, 2.05) is 37.4 Å². The second-order valence-electron chi connectivity index (χ2n) is 9.53. The van der Waals surface area contributed by atoms with Crippen molar-refractivity contribution >= 4 is 43.6 Å². The zero-order valence-electron chi connectivity index (χ0n) is 21.2. The van der Waals surface area contributed by atoms with E-state index in [0.717, 1.165) is 75.8 Å². The Hall–Kier alpha value is -3.22. The summed E-state index contributed by atoms with van der Waals surface area (Å²) in [6.45, 7) is 5.73. The summed E-state index contributed by atoms with van der Waals surface area (Å²) >= 11 is 3.59. The fourth-order valence-corrected chi connectivity index (χ4v) is 5.10. The maximum absolute atomic E-state index is 13.2. The number of carbonyl (C=O) groups excluding carboxylic acids is 1. The number of piperazine rings is 1. The third kappa shape index (κ3) is 5.55. The first-order valence-electron chi connectivity index (χ1n) is 12.5. The molecule has 4 aromatic rings. The van der Waals surface area contributed by atoms with Crippen LogP contribution in [-0.4, -0.2) is 78.1 Å². The monoisotopic (exact) mass is 558 g/mol. The summed E-state index contributed by atoms with van der Waals surface area (Å²) in [5.41, 5.74) is 10.7. The van der Waals surface area contributed by atoms with Crippen LogP contribution in [0, 0.1) is 11.8 Å². The summed E-state index contributed by atoms with van der Waals surface area (Å²) in [6, 6.07) is 14.0. The molecule has 2 aromatic carbocycles. The van der Waals surface area contributed by atoms with Gasteiger partial charge in [0.1, 0.15) is 0 Å². The molecule has 8 heteroatoms. The third-order valence-corrected chi connectivity index (χ3v) is 7.34. The van der Waals surface area contributed by atoms with E-state index in [9.17, 15) is 4.79 Å². The standard InChI is InChI=1S/C29H31BrN6O/c1-34-12-14-36(15-13-34)11-3-4-20-5-7-26-22(16-20)24(29(37)32-10-9-31)18-27(33-26)25-19-35(2)28-8-6-21(30)17-23(25)28/h5-8,16-19H,9-15,31H2,1-2H3,(H,32,37). The molecule has 2 aromatic heterocycles. The van der Waals surface area contributed by atoms with Crippen molar-refractivity contribution in [3.8, 4) is 23.1 Å². The first-order valence-corrected chi connectivity index (χ1v) is 13.3. The average Bonchev–Trinajstić information content (AvgIpc) is 3.23. The Labute approximate surface area is 225 Å². The van der Waals surface area contributed by atoms with Crippen LogP contribution in [0.1, 0.15) is 15.9 Å². The van der Waals surface area contributed by atoms with Crippen LogP contribution in [-0.2, 0) is 7.05 Å². The lowest BCUT2D eigenvalue weighted by molar-refractivity contribution is 0.0956. The molecule has 0 unspecified atom stereocenters. The number of aromatic nitrogens is 2.